The summed E-state index contributed by atoms with van der Waals surface area (Å²) in [6.45, 7) is 0.455. The van der Waals surface area contributed by atoms with Crippen molar-refractivity contribution in [1.82, 2.24) is 5.32 Å². The number of benzene rings is 1. The van der Waals surface area contributed by atoms with Crippen LogP contribution in [-0.4, -0.2) is 24.2 Å². The molecule has 0 bridgehead atoms. The van der Waals surface area contributed by atoms with Gasteiger partial charge >= 0.3 is 0 Å². The Balaban J connectivity index is 2.34. The summed E-state index contributed by atoms with van der Waals surface area (Å²) in [6, 6.07) is 3.60. The van der Waals surface area contributed by atoms with Gasteiger partial charge in [0.2, 0.25) is 5.91 Å². The zero-order chi connectivity index (χ0) is 12.7. The molecule has 0 saturated heterocycles. The molecule has 1 rings (SSSR count). The molecule has 0 aliphatic carbocycles. The number of hydrogen-bond acceptors (Lipinski definition) is 2. The van der Waals surface area contributed by atoms with Gasteiger partial charge in [0.05, 0.1) is 0 Å². The van der Waals surface area contributed by atoms with E-state index in [4.69, 9.17) is 5.11 Å². The van der Waals surface area contributed by atoms with Crippen LogP contribution in [0.1, 0.15) is 18.4 Å². The lowest BCUT2D eigenvalue weighted by Crippen LogP contribution is -2.25. The number of aliphatic hydroxyl groups excluding tert-OH is 1. The Bertz CT molecular complexity index is 383. The number of aryl methyl sites for hydroxylation is 1. The Morgan fingerprint density at radius 2 is 2.06 bits per heavy atom. The molecule has 0 aliphatic heterocycles. The normalized spacial score (nSPS) is 10.3. The minimum absolute atomic E-state index is 0.0312. The van der Waals surface area contributed by atoms with Crippen LogP contribution in [0, 0.1) is 11.6 Å². The maximum atomic E-state index is 12.8. The van der Waals surface area contributed by atoms with Crippen molar-refractivity contribution < 1.29 is 18.7 Å². The van der Waals surface area contributed by atoms with E-state index >= 15 is 0 Å². The van der Waals surface area contributed by atoms with Crippen molar-refractivity contribution in [3.05, 3.63) is 35.4 Å². The lowest BCUT2D eigenvalue weighted by atomic mass is 10.1. The lowest BCUT2D eigenvalue weighted by Gasteiger charge is -2.04. The lowest BCUT2D eigenvalue weighted by molar-refractivity contribution is -0.121. The van der Waals surface area contributed by atoms with Crippen molar-refractivity contribution in [3.8, 4) is 0 Å². The average Bonchev–Trinajstić information content (AvgIpc) is 2.31. The van der Waals surface area contributed by atoms with Crippen molar-refractivity contribution in [2.45, 2.75) is 19.3 Å². The standard InChI is InChI=1S/C12H15F2NO2/c13-10-4-2-9(8-11(10)14)3-5-12(17)15-6-1-7-16/h2,4,8,16H,1,3,5-7H2,(H,15,17). The van der Waals surface area contributed by atoms with Gasteiger partial charge in [-0.1, -0.05) is 6.07 Å². The summed E-state index contributed by atoms with van der Waals surface area (Å²) >= 11 is 0. The summed E-state index contributed by atoms with van der Waals surface area (Å²) in [5.41, 5.74) is 0.584. The second-order valence-electron chi connectivity index (χ2n) is 3.68. The van der Waals surface area contributed by atoms with Gasteiger partial charge in [-0.2, -0.15) is 0 Å². The van der Waals surface area contributed by atoms with E-state index in [-0.39, 0.29) is 18.9 Å². The highest BCUT2D eigenvalue weighted by Crippen LogP contribution is 2.10. The van der Waals surface area contributed by atoms with E-state index in [1.807, 2.05) is 0 Å². The largest absolute Gasteiger partial charge is 0.396 e. The maximum Gasteiger partial charge on any atom is 0.220 e. The molecular weight excluding hydrogens is 228 g/mol. The van der Waals surface area contributed by atoms with Crippen LogP contribution < -0.4 is 5.32 Å². The predicted octanol–water partition coefficient (Wildman–Crippen LogP) is 1.40. The van der Waals surface area contributed by atoms with Crippen molar-refractivity contribution in [3.63, 3.8) is 0 Å². The third-order valence-electron chi connectivity index (χ3n) is 2.28. The topological polar surface area (TPSA) is 49.3 Å². The summed E-state index contributed by atoms with van der Waals surface area (Å²) in [5, 5.41) is 11.1. The van der Waals surface area contributed by atoms with E-state index in [0.29, 0.717) is 24.9 Å². The number of aliphatic hydroxyl groups is 1. The van der Waals surface area contributed by atoms with Crippen LogP contribution in [0.5, 0.6) is 0 Å². The molecule has 17 heavy (non-hydrogen) atoms. The zero-order valence-electron chi connectivity index (χ0n) is 9.38. The fourth-order valence-electron chi connectivity index (χ4n) is 1.35. The van der Waals surface area contributed by atoms with Gasteiger partial charge in [0.25, 0.3) is 0 Å². The van der Waals surface area contributed by atoms with E-state index < -0.39 is 11.6 Å². The molecule has 0 unspecified atom stereocenters. The fraction of sp³-hybridized carbons (Fsp3) is 0.417. The highest BCUT2D eigenvalue weighted by Gasteiger charge is 2.05. The molecule has 0 fully saturated rings. The molecule has 5 heteroatoms. The van der Waals surface area contributed by atoms with Gasteiger partial charge in [0.15, 0.2) is 11.6 Å². The van der Waals surface area contributed by atoms with Crippen LogP contribution in [0.15, 0.2) is 18.2 Å². The predicted molar refractivity (Wildman–Crippen MR) is 59.4 cm³/mol. The Morgan fingerprint density at radius 3 is 2.71 bits per heavy atom. The van der Waals surface area contributed by atoms with Crippen LogP contribution in [0.25, 0.3) is 0 Å². The van der Waals surface area contributed by atoms with Crippen LogP contribution >= 0.6 is 0 Å². The second kappa shape index (κ2) is 6.96. The SMILES string of the molecule is O=C(CCc1ccc(F)c(F)c1)NCCCO. The van der Waals surface area contributed by atoms with Crippen molar-refractivity contribution in [2.24, 2.45) is 0 Å². The van der Waals surface area contributed by atoms with Crippen molar-refractivity contribution in [2.75, 3.05) is 13.2 Å². The maximum absolute atomic E-state index is 12.8. The molecule has 2 N–H and O–H groups in total. The smallest absolute Gasteiger partial charge is 0.220 e. The number of carbonyl (C=O) groups excluding carboxylic acids is 1. The van der Waals surface area contributed by atoms with E-state index in [1.165, 1.54) is 6.07 Å². The first kappa shape index (κ1) is 13.6. The summed E-state index contributed by atoms with van der Waals surface area (Å²) < 4.78 is 25.5. The highest BCUT2D eigenvalue weighted by atomic mass is 19.2. The van der Waals surface area contributed by atoms with E-state index in [1.54, 1.807) is 0 Å². The molecule has 0 aliphatic rings. The molecule has 0 aromatic heterocycles. The van der Waals surface area contributed by atoms with Crippen LogP contribution in [0.3, 0.4) is 0 Å². The van der Waals surface area contributed by atoms with Crippen LogP contribution in [0.2, 0.25) is 0 Å². The van der Waals surface area contributed by atoms with Gasteiger partial charge < -0.3 is 10.4 Å². The number of rotatable bonds is 6. The van der Waals surface area contributed by atoms with Gasteiger partial charge in [0.1, 0.15) is 0 Å². The number of hydrogen-bond donors (Lipinski definition) is 2. The summed E-state index contributed by atoms with van der Waals surface area (Å²) in [6.07, 6.45) is 1.09. The average molecular weight is 243 g/mol. The first-order valence-electron chi connectivity index (χ1n) is 5.45. The van der Waals surface area contributed by atoms with Gasteiger partial charge in [-0.15, -0.1) is 0 Å². The molecule has 0 heterocycles. The molecule has 3 nitrogen and oxygen atoms in total. The zero-order valence-corrected chi connectivity index (χ0v) is 9.38. The number of halogens is 2. The molecular formula is C12H15F2NO2. The first-order valence-corrected chi connectivity index (χ1v) is 5.45. The van der Waals surface area contributed by atoms with E-state index in [2.05, 4.69) is 5.32 Å². The third-order valence-corrected chi connectivity index (χ3v) is 2.28. The molecule has 0 saturated carbocycles. The van der Waals surface area contributed by atoms with Gasteiger partial charge in [-0.05, 0) is 30.5 Å². The monoisotopic (exact) mass is 243 g/mol. The second-order valence-corrected chi connectivity index (χ2v) is 3.68. The first-order chi connectivity index (χ1) is 8.13. The van der Waals surface area contributed by atoms with Gasteiger partial charge in [0, 0.05) is 19.6 Å². The Kier molecular flexibility index (Phi) is 5.56. The Labute approximate surface area is 98.5 Å². The van der Waals surface area contributed by atoms with Crippen molar-refractivity contribution >= 4 is 5.91 Å². The molecule has 0 radical (unpaired) electrons. The molecule has 0 spiro atoms. The van der Waals surface area contributed by atoms with Crippen molar-refractivity contribution in [1.29, 1.82) is 0 Å². The number of amides is 1. The highest BCUT2D eigenvalue weighted by molar-refractivity contribution is 5.76. The summed E-state index contributed by atoms with van der Waals surface area (Å²) in [4.78, 5) is 11.3. The molecule has 0 atom stereocenters. The molecule has 94 valence electrons. The summed E-state index contributed by atoms with van der Waals surface area (Å²) in [5.74, 6) is -1.95. The Hall–Kier alpha value is -1.49. The summed E-state index contributed by atoms with van der Waals surface area (Å²) in [7, 11) is 0. The fourth-order valence-corrected chi connectivity index (χ4v) is 1.35. The molecule has 1 aromatic carbocycles. The quantitative estimate of drug-likeness (QED) is 0.742. The third kappa shape index (κ3) is 4.91. The minimum atomic E-state index is -0.900. The van der Waals surface area contributed by atoms with E-state index in [9.17, 15) is 13.6 Å². The minimum Gasteiger partial charge on any atom is -0.396 e. The van der Waals surface area contributed by atoms with E-state index in [0.717, 1.165) is 12.1 Å². The van der Waals surface area contributed by atoms with Crippen LogP contribution in [0.4, 0.5) is 8.78 Å². The Morgan fingerprint density at radius 1 is 1.29 bits per heavy atom. The molecule has 1 amide bonds. The van der Waals surface area contributed by atoms with Gasteiger partial charge in [-0.25, -0.2) is 8.78 Å². The van der Waals surface area contributed by atoms with Crippen LogP contribution in [-0.2, 0) is 11.2 Å². The number of carbonyl (C=O) groups is 1. The molecule has 1 aromatic rings. The van der Waals surface area contributed by atoms with Gasteiger partial charge in [-0.3, -0.25) is 4.79 Å². The number of nitrogens with one attached hydrogen (secondary N) is 1.